The molecule has 0 aliphatic carbocycles. The molecule has 19 heavy (non-hydrogen) atoms. The van der Waals surface area contributed by atoms with Gasteiger partial charge in [-0.05, 0) is 6.07 Å². The Hall–Kier alpha value is -1.72. The van der Waals surface area contributed by atoms with Crippen LogP contribution in [0.15, 0.2) is 24.5 Å². The lowest BCUT2D eigenvalue weighted by Gasteiger charge is -2.14. The van der Waals surface area contributed by atoms with E-state index in [9.17, 15) is 0 Å². The molecule has 102 valence electrons. The van der Waals surface area contributed by atoms with Crippen LogP contribution >= 0.6 is 11.6 Å². The second kappa shape index (κ2) is 5.95. The number of rotatable bonds is 5. The van der Waals surface area contributed by atoms with Crippen LogP contribution in [0.2, 0.25) is 5.02 Å². The van der Waals surface area contributed by atoms with E-state index in [0.717, 1.165) is 11.4 Å². The summed E-state index contributed by atoms with van der Waals surface area (Å²) in [5.41, 5.74) is 6.51. The Morgan fingerprint density at radius 3 is 2.79 bits per heavy atom. The van der Waals surface area contributed by atoms with Gasteiger partial charge in [0.1, 0.15) is 12.4 Å². The fourth-order valence-electron chi connectivity index (χ4n) is 1.76. The molecule has 0 spiro atoms. The Morgan fingerprint density at radius 1 is 1.42 bits per heavy atom. The predicted molar refractivity (Wildman–Crippen MR) is 73.4 cm³/mol. The predicted octanol–water partition coefficient (Wildman–Crippen LogP) is 2.12. The molecule has 5 nitrogen and oxygen atoms in total. The van der Waals surface area contributed by atoms with Crippen LogP contribution < -0.4 is 15.2 Å². The lowest BCUT2D eigenvalue weighted by atomic mass is 10.2. The van der Waals surface area contributed by atoms with E-state index in [4.69, 9.17) is 26.8 Å². The van der Waals surface area contributed by atoms with Crippen LogP contribution in [0.4, 0.5) is 0 Å². The second-order valence-corrected chi connectivity index (χ2v) is 4.48. The molecule has 0 fully saturated rings. The van der Waals surface area contributed by atoms with Crippen LogP contribution in [0.5, 0.6) is 11.5 Å². The summed E-state index contributed by atoms with van der Waals surface area (Å²) >= 11 is 6.00. The number of nitrogens with zero attached hydrogens (tertiary/aromatic N) is 2. The molecule has 0 aliphatic rings. The van der Waals surface area contributed by atoms with E-state index in [0.29, 0.717) is 29.7 Å². The highest BCUT2D eigenvalue weighted by Crippen LogP contribution is 2.34. The fraction of sp³-hybridized carbons (Fsp3) is 0.308. The molecule has 2 rings (SSSR count). The molecule has 1 aromatic carbocycles. The van der Waals surface area contributed by atoms with Gasteiger partial charge in [0, 0.05) is 42.6 Å². The zero-order chi connectivity index (χ0) is 13.8. The van der Waals surface area contributed by atoms with E-state index in [1.54, 1.807) is 25.4 Å². The van der Waals surface area contributed by atoms with E-state index >= 15 is 0 Å². The van der Waals surface area contributed by atoms with Crippen LogP contribution in [0, 0.1) is 0 Å². The molecule has 2 N–H and O–H groups in total. The molecule has 6 heteroatoms. The number of methoxy groups -OCH3 is 1. The highest BCUT2D eigenvalue weighted by Gasteiger charge is 2.13. The molecule has 0 atom stereocenters. The van der Waals surface area contributed by atoms with E-state index in [1.165, 1.54) is 0 Å². The van der Waals surface area contributed by atoms with Crippen LogP contribution in [0.1, 0.15) is 11.4 Å². The lowest BCUT2D eigenvalue weighted by molar-refractivity contribution is 0.270. The molecule has 1 aromatic heterocycles. The highest BCUT2D eigenvalue weighted by molar-refractivity contribution is 6.30. The first-order valence-corrected chi connectivity index (χ1v) is 6.19. The molecule has 1 heterocycles. The summed E-state index contributed by atoms with van der Waals surface area (Å²) in [7, 11) is 3.48. The van der Waals surface area contributed by atoms with Crippen molar-refractivity contribution in [1.82, 2.24) is 9.55 Å². The third-order valence-corrected chi connectivity index (χ3v) is 3.02. The number of hydrogen-bond donors (Lipinski definition) is 1. The third kappa shape index (κ3) is 3.00. The topological polar surface area (TPSA) is 62.3 Å². The van der Waals surface area contributed by atoms with Crippen LogP contribution in [-0.2, 0) is 20.2 Å². The average Bonchev–Trinajstić information content (AvgIpc) is 2.81. The molecule has 0 radical (unpaired) electrons. The molecular weight excluding hydrogens is 266 g/mol. The van der Waals surface area contributed by atoms with Gasteiger partial charge in [0.05, 0.1) is 7.11 Å². The van der Waals surface area contributed by atoms with E-state index in [-0.39, 0.29) is 0 Å². The van der Waals surface area contributed by atoms with Gasteiger partial charge in [-0.1, -0.05) is 11.6 Å². The zero-order valence-corrected chi connectivity index (χ0v) is 11.6. The van der Waals surface area contributed by atoms with Crippen LogP contribution in [0.25, 0.3) is 0 Å². The van der Waals surface area contributed by atoms with Crippen molar-refractivity contribution in [3.05, 3.63) is 40.9 Å². The first-order chi connectivity index (χ1) is 9.15. The number of aromatic nitrogens is 2. The van der Waals surface area contributed by atoms with Crippen molar-refractivity contribution in [3.8, 4) is 11.5 Å². The summed E-state index contributed by atoms with van der Waals surface area (Å²) in [5, 5.41) is 0.571. The molecule has 2 aromatic rings. The number of imidazole rings is 1. The number of halogens is 1. The Labute approximate surface area is 116 Å². The average molecular weight is 282 g/mol. The largest absolute Gasteiger partial charge is 0.493 e. The van der Waals surface area contributed by atoms with Crippen molar-refractivity contribution in [1.29, 1.82) is 0 Å². The maximum atomic E-state index is 6.00. The van der Waals surface area contributed by atoms with Gasteiger partial charge in [0.25, 0.3) is 0 Å². The van der Waals surface area contributed by atoms with Crippen molar-refractivity contribution < 1.29 is 9.47 Å². The Balaban J connectivity index is 2.26. The van der Waals surface area contributed by atoms with Gasteiger partial charge in [-0.2, -0.15) is 0 Å². The third-order valence-electron chi connectivity index (χ3n) is 2.80. The van der Waals surface area contributed by atoms with E-state index in [2.05, 4.69) is 4.98 Å². The SMILES string of the molecule is COc1cc(Cl)cc(CN)c1OCc1nccn1C. The Bertz CT molecular complexity index is 544. The molecule has 0 bridgehead atoms. The van der Waals surface area contributed by atoms with Gasteiger partial charge in [0.2, 0.25) is 0 Å². The molecule has 0 saturated carbocycles. The molecule has 0 amide bonds. The zero-order valence-electron chi connectivity index (χ0n) is 10.9. The number of ether oxygens (including phenoxy) is 2. The number of benzene rings is 1. The van der Waals surface area contributed by atoms with Crippen molar-refractivity contribution >= 4 is 11.6 Å². The Morgan fingerprint density at radius 2 is 2.21 bits per heavy atom. The van der Waals surface area contributed by atoms with E-state index < -0.39 is 0 Å². The van der Waals surface area contributed by atoms with Crippen molar-refractivity contribution in [3.63, 3.8) is 0 Å². The van der Waals surface area contributed by atoms with Gasteiger partial charge < -0.3 is 19.8 Å². The maximum absolute atomic E-state index is 6.00. The van der Waals surface area contributed by atoms with Gasteiger partial charge in [-0.25, -0.2) is 4.98 Å². The summed E-state index contributed by atoms with van der Waals surface area (Å²) in [4.78, 5) is 4.20. The molecule has 0 saturated heterocycles. The summed E-state index contributed by atoms with van der Waals surface area (Å²) in [6, 6.07) is 3.48. The maximum Gasteiger partial charge on any atom is 0.166 e. The number of hydrogen-bond acceptors (Lipinski definition) is 4. The van der Waals surface area contributed by atoms with Gasteiger partial charge in [-0.15, -0.1) is 0 Å². The van der Waals surface area contributed by atoms with Crippen molar-refractivity contribution in [2.45, 2.75) is 13.2 Å². The first-order valence-electron chi connectivity index (χ1n) is 5.81. The van der Waals surface area contributed by atoms with Gasteiger partial charge in [0.15, 0.2) is 11.5 Å². The monoisotopic (exact) mass is 281 g/mol. The van der Waals surface area contributed by atoms with E-state index in [1.807, 2.05) is 17.8 Å². The minimum Gasteiger partial charge on any atom is -0.493 e. The minimum absolute atomic E-state index is 0.326. The minimum atomic E-state index is 0.326. The van der Waals surface area contributed by atoms with Crippen LogP contribution in [0.3, 0.4) is 0 Å². The smallest absolute Gasteiger partial charge is 0.166 e. The molecule has 0 unspecified atom stereocenters. The van der Waals surface area contributed by atoms with Gasteiger partial charge >= 0.3 is 0 Å². The summed E-state index contributed by atoms with van der Waals surface area (Å²) in [6.07, 6.45) is 3.59. The van der Waals surface area contributed by atoms with Crippen molar-refractivity contribution in [2.24, 2.45) is 12.8 Å². The summed E-state index contributed by atoms with van der Waals surface area (Å²) < 4.78 is 13.0. The molecule has 0 aliphatic heterocycles. The van der Waals surface area contributed by atoms with Gasteiger partial charge in [-0.3, -0.25) is 0 Å². The normalized spacial score (nSPS) is 10.5. The quantitative estimate of drug-likeness (QED) is 0.912. The van der Waals surface area contributed by atoms with Crippen molar-refractivity contribution in [2.75, 3.05) is 7.11 Å². The fourth-order valence-corrected chi connectivity index (χ4v) is 1.99. The second-order valence-electron chi connectivity index (χ2n) is 4.04. The highest BCUT2D eigenvalue weighted by atomic mass is 35.5. The van der Waals surface area contributed by atoms with Crippen LogP contribution in [-0.4, -0.2) is 16.7 Å². The first kappa shape index (κ1) is 13.7. The summed E-state index contributed by atoms with van der Waals surface area (Å²) in [5.74, 6) is 2.00. The number of nitrogens with two attached hydrogens (primary N) is 1. The molecular formula is C13H16ClN3O2. The Kier molecular flexibility index (Phi) is 4.29. The number of aryl methyl sites for hydroxylation is 1. The summed E-state index contributed by atoms with van der Waals surface area (Å²) in [6.45, 7) is 0.668. The lowest BCUT2D eigenvalue weighted by Crippen LogP contribution is -2.07. The standard InChI is InChI=1S/C13H16ClN3O2/c1-17-4-3-16-12(17)8-19-13-9(7-15)5-10(14)6-11(13)18-2/h3-6H,7-8,15H2,1-2H3.